The summed E-state index contributed by atoms with van der Waals surface area (Å²) in [5, 5.41) is 6.54. The highest BCUT2D eigenvalue weighted by molar-refractivity contribution is 6.30. The summed E-state index contributed by atoms with van der Waals surface area (Å²) in [7, 11) is 0. The fourth-order valence-electron chi connectivity index (χ4n) is 3.36. The van der Waals surface area contributed by atoms with Crippen molar-refractivity contribution < 1.29 is 9.59 Å². The second kappa shape index (κ2) is 10.5. The quantitative estimate of drug-likeness (QED) is 0.675. The van der Waals surface area contributed by atoms with Crippen LogP contribution in [-0.4, -0.2) is 55.1 Å². The zero-order valence-corrected chi connectivity index (χ0v) is 17.3. The van der Waals surface area contributed by atoms with E-state index in [0.717, 1.165) is 38.2 Å². The van der Waals surface area contributed by atoms with E-state index in [4.69, 9.17) is 11.6 Å². The molecule has 1 aliphatic rings. The molecule has 2 rings (SSSR count). The standard InChI is InChI=1S/C20H31ClN4O2/c1-4-24(5-2)12-6-7-15(3)22-20(27)23-17-13-19(26)25(14-17)18-10-8-16(21)9-11-18/h8-11,15,17H,4-7,12-14H2,1-3H3,(H2,22,23,27)/t15-,17+/m0/s1. The first-order valence-electron chi connectivity index (χ1n) is 9.78. The van der Waals surface area contributed by atoms with Crippen LogP contribution in [0.1, 0.15) is 40.0 Å². The van der Waals surface area contributed by atoms with Crippen molar-refractivity contribution in [1.29, 1.82) is 0 Å². The van der Waals surface area contributed by atoms with E-state index < -0.39 is 0 Å². The molecule has 6 nitrogen and oxygen atoms in total. The van der Waals surface area contributed by atoms with Crippen LogP contribution in [0.4, 0.5) is 10.5 Å². The number of rotatable bonds is 9. The molecule has 1 fully saturated rings. The molecule has 150 valence electrons. The van der Waals surface area contributed by atoms with Crippen LogP contribution in [0.15, 0.2) is 24.3 Å². The zero-order chi connectivity index (χ0) is 19.8. The normalized spacial score (nSPS) is 18.0. The summed E-state index contributed by atoms with van der Waals surface area (Å²) in [6.07, 6.45) is 2.30. The second-order valence-corrected chi connectivity index (χ2v) is 7.51. The third-order valence-corrected chi connectivity index (χ3v) is 5.23. The van der Waals surface area contributed by atoms with Crippen LogP contribution in [0.3, 0.4) is 0 Å². The van der Waals surface area contributed by atoms with E-state index in [1.54, 1.807) is 17.0 Å². The van der Waals surface area contributed by atoms with E-state index in [9.17, 15) is 9.59 Å². The van der Waals surface area contributed by atoms with Crippen LogP contribution in [0.25, 0.3) is 0 Å². The smallest absolute Gasteiger partial charge is 0.315 e. The van der Waals surface area contributed by atoms with Crippen molar-refractivity contribution in [2.75, 3.05) is 31.1 Å². The van der Waals surface area contributed by atoms with Crippen molar-refractivity contribution in [3.63, 3.8) is 0 Å². The lowest BCUT2D eigenvalue weighted by Gasteiger charge is -2.21. The summed E-state index contributed by atoms with van der Waals surface area (Å²) in [6, 6.07) is 6.87. The zero-order valence-electron chi connectivity index (χ0n) is 16.5. The number of halogens is 1. The third-order valence-electron chi connectivity index (χ3n) is 4.98. The van der Waals surface area contributed by atoms with Crippen LogP contribution in [0.2, 0.25) is 5.02 Å². The number of nitrogens with one attached hydrogen (secondary N) is 2. The van der Waals surface area contributed by atoms with Crippen LogP contribution < -0.4 is 15.5 Å². The minimum atomic E-state index is -0.207. The Morgan fingerprint density at radius 3 is 2.59 bits per heavy atom. The molecule has 0 aliphatic carbocycles. The molecule has 1 saturated heterocycles. The number of urea groups is 1. The van der Waals surface area contributed by atoms with Gasteiger partial charge in [-0.25, -0.2) is 4.79 Å². The number of amides is 3. The van der Waals surface area contributed by atoms with Gasteiger partial charge in [-0.05, 0) is 63.7 Å². The van der Waals surface area contributed by atoms with E-state index in [0.29, 0.717) is 18.0 Å². The number of hydrogen-bond acceptors (Lipinski definition) is 3. The van der Waals surface area contributed by atoms with Crippen molar-refractivity contribution in [2.24, 2.45) is 0 Å². The van der Waals surface area contributed by atoms with Gasteiger partial charge in [-0.15, -0.1) is 0 Å². The predicted molar refractivity (Wildman–Crippen MR) is 110 cm³/mol. The monoisotopic (exact) mass is 394 g/mol. The Labute approximate surface area is 167 Å². The Kier molecular flexibility index (Phi) is 8.38. The lowest BCUT2D eigenvalue weighted by molar-refractivity contribution is -0.117. The van der Waals surface area contributed by atoms with Crippen molar-refractivity contribution in [2.45, 2.75) is 52.1 Å². The lowest BCUT2D eigenvalue weighted by Crippen LogP contribution is -2.46. The molecule has 0 saturated carbocycles. The van der Waals surface area contributed by atoms with Crippen LogP contribution in [-0.2, 0) is 4.79 Å². The summed E-state index contributed by atoms with van der Waals surface area (Å²) in [5.41, 5.74) is 0.805. The molecule has 2 N–H and O–H groups in total. The topological polar surface area (TPSA) is 64.7 Å². The van der Waals surface area contributed by atoms with Gasteiger partial charge >= 0.3 is 6.03 Å². The summed E-state index contributed by atoms with van der Waals surface area (Å²) >= 11 is 5.90. The number of nitrogens with zero attached hydrogens (tertiary/aromatic N) is 2. The molecule has 27 heavy (non-hydrogen) atoms. The number of benzene rings is 1. The molecule has 1 aliphatic heterocycles. The van der Waals surface area contributed by atoms with Gasteiger partial charge in [0.05, 0.1) is 6.04 Å². The first-order chi connectivity index (χ1) is 12.9. The van der Waals surface area contributed by atoms with Gasteiger partial charge in [0.1, 0.15) is 0 Å². The minimum absolute atomic E-state index is 0.00916. The second-order valence-electron chi connectivity index (χ2n) is 7.07. The van der Waals surface area contributed by atoms with Gasteiger partial charge in [0.15, 0.2) is 0 Å². The van der Waals surface area contributed by atoms with Crippen molar-refractivity contribution in [3.8, 4) is 0 Å². The molecule has 1 aromatic rings. The fraction of sp³-hybridized carbons (Fsp3) is 0.600. The van der Waals surface area contributed by atoms with Gasteiger partial charge < -0.3 is 20.4 Å². The highest BCUT2D eigenvalue weighted by atomic mass is 35.5. The van der Waals surface area contributed by atoms with Gasteiger partial charge in [-0.1, -0.05) is 25.4 Å². The van der Waals surface area contributed by atoms with Gasteiger partial charge in [0.2, 0.25) is 5.91 Å². The molecule has 0 spiro atoms. The SMILES string of the molecule is CCN(CC)CCC[C@H](C)NC(=O)N[C@@H]1CC(=O)N(c2ccc(Cl)cc2)C1. The fourth-order valence-corrected chi connectivity index (χ4v) is 3.48. The van der Waals surface area contributed by atoms with Gasteiger partial charge in [-0.3, -0.25) is 4.79 Å². The Balaban J connectivity index is 1.74. The molecule has 0 radical (unpaired) electrons. The largest absolute Gasteiger partial charge is 0.336 e. The summed E-state index contributed by atoms with van der Waals surface area (Å²) < 4.78 is 0. The molecule has 7 heteroatoms. The molecular formula is C20H31ClN4O2. The average molecular weight is 395 g/mol. The van der Waals surface area contributed by atoms with Crippen molar-refractivity contribution >= 4 is 29.2 Å². The Hall–Kier alpha value is -1.79. The summed E-state index contributed by atoms with van der Waals surface area (Å²) in [6.45, 7) is 9.97. The number of hydrogen-bond donors (Lipinski definition) is 2. The highest BCUT2D eigenvalue weighted by Crippen LogP contribution is 2.23. The molecule has 0 unspecified atom stereocenters. The Bertz CT molecular complexity index is 619. The van der Waals surface area contributed by atoms with Gasteiger partial charge in [0, 0.05) is 29.7 Å². The molecule has 0 aromatic heterocycles. The van der Waals surface area contributed by atoms with Crippen LogP contribution >= 0.6 is 11.6 Å². The van der Waals surface area contributed by atoms with Crippen molar-refractivity contribution in [1.82, 2.24) is 15.5 Å². The predicted octanol–water partition coefficient (Wildman–Crippen LogP) is 3.26. The first kappa shape index (κ1) is 21.5. The maximum atomic E-state index is 12.3. The Morgan fingerprint density at radius 2 is 1.96 bits per heavy atom. The maximum absolute atomic E-state index is 12.3. The van der Waals surface area contributed by atoms with E-state index in [-0.39, 0.29) is 24.0 Å². The van der Waals surface area contributed by atoms with Crippen LogP contribution in [0, 0.1) is 0 Å². The minimum Gasteiger partial charge on any atom is -0.336 e. The van der Waals surface area contributed by atoms with Crippen molar-refractivity contribution in [3.05, 3.63) is 29.3 Å². The van der Waals surface area contributed by atoms with E-state index >= 15 is 0 Å². The number of carbonyl (C=O) groups excluding carboxylic acids is 2. The molecule has 3 amide bonds. The van der Waals surface area contributed by atoms with Crippen LogP contribution in [0.5, 0.6) is 0 Å². The first-order valence-corrected chi connectivity index (χ1v) is 10.2. The van der Waals surface area contributed by atoms with E-state index in [1.165, 1.54) is 0 Å². The van der Waals surface area contributed by atoms with Gasteiger partial charge in [0.25, 0.3) is 0 Å². The number of anilines is 1. The molecule has 1 aromatic carbocycles. The third kappa shape index (κ3) is 6.70. The molecule has 0 bridgehead atoms. The highest BCUT2D eigenvalue weighted by Gasteiger charge is 2.31. The molecule has 1 heterocycles. The summed E-state index contributed by atoms with van der Waals surface area (Å²) in [4.78, 5) is 28.6. The molecular weight excluding hydrogens is 364 g/mol. The molecule has 2 atom stereocenters. The van der Waals surface area contributed by atoms with E-state index in [1.807, 2.05) is 19.1 Å². The Morgan fingerprint density at radius 1 is 1.30 bits per heavy atom. The van der Waals surface area contributed by atoms with E-state index in [2.05, 4.69) is 29.4 Å². The average Bonchev–Trinajstić information content (AvgIpc) is 2.99. The lowest BCUT2D eigenvalue weighted by atomic mass is 10.2. The number of carbonyl (C=O) groups is 2. The maximum Gasteiger partial charge on any atom is 0.315 e. The van der Waals surface area contributed by atoms with Gasteiger partial charge in [-0.2, -0.15) is 0 Å². The summed E-state index contributed by atoms with van der Waals surface area (Å²) in [5.74, 6) is 0.00916.